The fourth-order valence-corrected chi connectivity index (χ4v) is 5.69. The molecule has 118 valence electrons. The summed E-state index contributed by atoms with van der Waals surface area (Å²) in [7, 11) is -1.97. The van der Waals surface area contributed by atoms with Crippen LogP contribution in [-0.4, -0.2) is 26.8 Å². The van der Waals surface area contributed by atoms with Gasteiger partial charge in [0.25, 0.3) is 0 Å². The molecular formula is C15H21F2NO2S. The smallest absolute Gasteiger partial charge is 0.183 e. The Morgan fingerprint density at radius 3 is 2.38 bits per heavy atom. The molecule has 0 aromatic heterocycles. The lowest BCUT2D eigenvalue weighted by Gasteiger charge is -2.39. The van der Waals surface area contributed by atoms with Crippen LogP contribution in [0.2, 0.25) is 0 Å². The minimum atomic E-state index is -3.70. The van der Waals surface area contributed by atoms with Gasteiger partial charge in [0.05, 0.1) is 10.1 Å². The zero-order valence-electron chi connectivity index (χ0n) is 12.4. The summed E-state index contributed by atoms with van der Waals surface area (Å²) >= 11 is 0. The Bertz CT molecular complexity index is 618. The summed E-state index contributed by atoms with van der Waals surface area (Å²) in [5.74, 6) is -1.77. The number of hydrogen-bond acceptors (Lipinski definition) is 3. The van der Waals surface area contributed by atoms with Crippen molar-refractivity contribution in [3.05, 3.63) is 29.8 Å². The number of hydrogen-bond donors (Lipinski definition) is 1. The van der Waals surface area contributed by atoms with Crippen molar-refractivity contribution in [2.24, 2.45) is 11.8 Å². The highest BCUT2D eigenvalue weighted by molar-refractivity contribution is 7.92. The van der Waals surface area contributed by atoms with Gasteiger partial charge >= 0.3 is 0 Å². The van der Waals surface area contributed by atoms with Gasteiger partial charge in [-0.3, -0.25) is 0 Å². The summed E-state index contributed by atoms with van der Waals surface area (Å²) in [5.41, 5.74) is 0. The molecule has 3 nitrogen and oxygen atoms in total. The SMILES string of the molecule is CNC1CC(C)CC(C)C1S(=O)(=O)c1ccc(F)c(F)c1. The average Bonchev–Trinajstić information content (AvgIpc) is 2.40. The van der Waals surface area contributed by atoms with Crippen molar-refractivity contribution in [2.45, 2.75) is 42.9 Å². The molecule has 6 heteroatoms. The average molecular weight is 317 g/mol. The van der Waals surface area contributed by atoms with Crippen LogP contribution >= 0.6 is 0 Å². The highest BCUT2D eigenvalue weighted by atomic mass is 32.2. The summed E-state index contributed by atoms with van der Waals surface area (Å²) in [6.45, 7) is 4.00. The van der Waals surface area contributed by atoms with Crippen molar-refractivity contribution in [3.63, 3.8) is 0 Å². The number of rotatable bonds is 3. The molecule has 0 amide bonds. The van der Waals surface area contributed by atoms with Crippen molar-refractivity contribution >= 4 is 9.84 Å². The molecule has 0 heterocycles. The third kappa shape index (κ3) is 3.11. The van der Waals surface area contributed by atoms with Gasteiger partial charge in [0, 0.05) is 6.04 Å². The van der Waals surface area contributed by atoms with Gasteiger partial charge in [-0.15, -0.1) is 0 Å². The predicted octanol–water partition coefficient (Wildman–Crippen LogP) is 2.76. The number of sulfone groups is 1. The Balaban J connectivity index is 2.43. The van der Waals surface area contributed by atoms with E-state index in [0.29, 0.717) is 5.92 Å². The molecular weight excluding hydrogens is 296 g/mol. The topological polar surface area (TPSA) is 46.2 Å². The molecule has 1 saturated carbocycles. The standard InChI is InChI=1S/C15H21F2NO2S/c1-9-6-10(2)15(14(7-9)18-3)21(19,20)11-4-5-12(16)13(17)8-11/h4-5,8-10,14-15,18H,6-7H2,1-3H3. The van der Waals surface area contributed by atoms with E-state index in [-0.39, 0.29) is 16.9 Å². The summed E-state index contributed by atoms with van der Waals surface area (Å²) < 4.78 is 52.0. The molecule has 1 aromatic carbocycles. The third-order valence-corrected chi connectivity index (χ3v) is 6.76. The minimum absolute atomic E-state index is 0.0377. The van der Waals surface area contributed by atoms with Gasteiger partial charge in [-0.2, -0.15) is 0 Å². The van der Waals surface area contributed by atoms with Crippen molar-refractivity contribution < 1.29 is 17.2 Å². The van der Waals surface area contributed by atoms with Crippen molar-refractivity contribution in [2.75, 3.05) is 7.05 Å². The molecule has 0 radical (unpaired) electrons. The first-order valence-corrected chi connectivity index (χ1v) is 8.68. The monoisotopic (exact) mass is 317 g/mol. The van der Waals surface area contributed by atoms with Crippen molar-refractivity contribution in [1.29, 1.82) is 0 Å². The summed E-state index contributed by atoms with van der Waals surface area (Å²) in [5, 5.41) is 2.45. The summed E-state index contributed by atoms with van der Waals surface area (Å²) in [6, 6.07) is 2.61. The molecule has 4 unspecified atom stereocenters. The fourth-order valence-electron chi connectivity index (χ4n) is 3.44. The third-order valence-electron chi connectivity index (χ3n) is 4.34. The van der Waals surface area contributed by atoms with Crippen LogP contribution in [0.5, 0.6) is 0 Å². The molecule has 1 aliphatic rings. The van der Waals surface area contributed by atoms with Gasteiger partial charge in [-0.25, -0.2) is 17.2 Å². The van der Waals surface area contributed by atoms with Crippen LogP contribution in [-0.2, 0) is 9.84 Å². The van der Waals surface area contributed by atoms with Gasteiger partial charge in [-0.05, 0) is 49.9 Å². The van der Waals surface area contributed by atoms with E-state index >= 15 is 0 Å². The molecule has 0 spiro atoms. The van der Waals surface area contributed by atoms with E-state index in [1.165, 1.54) is 0 Å². The molecule has 0 saturated heterocycles. The fraction of sp³-hybridized carbons (Fsp3) is 0.600. The lowest BCUT2D eigenvalue weighted by atomic mass is 9.80. The van der Waals surface area contributed by atoms with Crippen LogP contribution in [0.3, 0.4) is 0 Å². The summed E-state index contributed by atoms with van der Waals surface area (Å²) in [6.07, 6.45) is 1.57. The highest BCUT2D eigenvalue weighted by Crippen LogP contribution is 2.36. The maximum absolute atomic E-state index is 13.4. The lowest BCUT2D eigenvalue weighted by molar-refractivity contribution is 0.249. The number of benzene rings is 1. The second-order valence-corrected chi connectivity index (χ2v) is 8.14. The molecule has 1 aromatic rings. The van der Waals surface area contributed by atoms with E-state index in [2.05, 4.69) is 12.2 Å². The Morgan fingerprint density at radius 1 is 1.14 bits per heavy atom. The van der Waals surface area contributed by atoms with E-state index < -0.39 is 26.7 Å². The van der Waals surface area contributed by atoms with E-state index in [1.54, 1.807) is 7.05 Å². The van der Waals surface area contributed by atoms with E-state index in [9.17, 15) is 17.2 Å². The molecule has 4 atom stereocenters. The minimum Gasteiger partial charge on any atom is -0.316 e. The second kappa shape index (κ2) is 6.01. The van der Waals surface area contributed by atoms with Gasteiger partial charge in [-0.1, -0.05) is 13.8 Å². The number of nitrogens with one attached hydrogen (secondary N) is 1. The lowest BCUT2D eigenvalue weighted by Crippen LogP contribution is -2.50. The quantitative estimate of drug-likeness (QED) is 0.872. The molecule has 21 heavy (non-hydrogen) atoms. The van der Waals surface area contributed by atoms with Crippen LogP contribution in [0.15, 0.2) is 23.1 Å². The predicted molar refractivity (Wildman–Crippen MR) is 77.7 cm³/mol. The maximum atomic E-state index is 13.4. The van der Waals surface area contributed by atoms with Gasteiger partial charge in [0.2, 0.25) is 0 Å². The number of halogens is 2. The molecule has 1 fully saturated rings. The first kappa shape index (κ1) is 16.4. The second-order valence-electron chi connectivity index (χ2n) is 6.03. The van der Waals surface area contributed by atoms with E-state index in [1.807, 2.05) is 6.92 Å². The summed E-state index contributed by atoms with van der Waals surface area (Å²) in [4.78, 5) is -0.145. The zero-order chi connectivity index (χ0) is 15.8. The van der Waals surface area contributed by atoms with Crippen LogP contribution in [0.4, 0.5) is 8.78 Å². The Morgan fingerprint density at radius 2 is 1.81 bits per heavy atom. The largest absolute Gasteiger partial charge is 0.316 e. The Labute approximate surface area is 124 Å². The van der Waals surface area contributed by atoms with Gasteiger partial charge in [0.15, 0.2) is 21.5 Å². The van der Waals surface area contributed by atoms with E-state index in [4.69, 9.17) is 0 Å². The molecule has 0 aliphatic heterocycles. The molecule has 1 aliphatic carbocycles. The van der Waals surface area contributed by atoms with Crippen LogP contribution in [0, 0.1) is 23.5 Å². The molecule has 2 rings (SSSR count). The molecule has 1 N–H and O–H groups in total. The normalized spacial score (nSPS) is 30.3. The van der Waals surface area contributed by atoms with Crippen molar-refractivity contribution in [3.8, 4) is 0 Å². The van der Waals surface area contributed by atoms with Crippen LogP contribution in [0.25, 0.3) is 0 Å². The first-order valence-electron chi connectivity index (χ1n) is 7.13. The molecule has 0 bridgehead atoms. The first-order chi connectivity index (χ1) is 9.77. The van der Waals surface area contributed by atoms with E-state index in [0.717, 1.165) is 31.0 Å². The maximum Gasteiger partial charge on any atom is 0.183 e. The Kier molecular flexibility index (Phi) is 4.68. The van der Waals surface area contributed by atoms with Crippen molar-refractivity contribution in [1.82, 2.24) is 5.32 Å². The Hall–Kier alpha value is -1.01. The van der Waals surface area contributed by atoms with Crippen LogP contribution < -0.4 is 5.32 Å². The highest BCUT2D eigenvalue weighted by Gasteiger charge is 2.42. The van der Waals surface area contributed by atoms with Crippen LogP contribution in [0.1, 0.15) is 26.7 Å². The zero-order valence-corrected chi connectivity index (χ0v) is 13.3. The van der Waals surface area contributed by atoms with Gasteiger partial charge in [0.1, 0.15) is 0 Å². The van der Waals surface area contributed by atoms with Gasteiger partial charge < -0.3 is 5.32 Å².